The Labute approximate surface area is 224 Å². The van der Waals surface area contributed by atoms with Gasteiger partial charge in [-0.05, 0) is 63.3 Å². The monoisotopic (exact) mass is 546 g/mol. The minimum Gasteiger partial charge on any atom is -0.494 e. The summed E-state index contributed by atoms with van der Waals surface area (Å²) < 4.78 is 31.9. The molecule has 0 saturated carbocycles. The summed E-state index contributed by atoms with van der Waals surface area (Å²) in [5, 5.41) is 6.54. The highest BCUT2D eigenvalue weighted by atomic mass is 35.5. The molecule has 1 aliphatic heterocycles. The van der Waals surface area contributed by atoms with Crippen LogP contribution in [0.1, 0.15) is 19.8 Å². The molecule has 1 unspecified atom stereocenters. The molecular weight excluding hydrogens is 515 g/mol. The van der Waals surface area contributed by atoms with Gasteiger partial charge in [-0.1, -0.05) is 18.5 Å². The predicted molar refractivity (Wildman–Crippen MR) is 149 cm³/mol. The molecule has 0 spiro atoms. The number of likely N-dealkylation sites (tertiary alicyclic amines) is 1. The maximum absolute atomic E-state index is 13.8. The van der Waals surface area contributed by atoms with Gasteiger partial charge in [0, 0.05) is 30.6 Å². The first-order chi connectivity index (χ1) is 17.8. The van der Waals surface area contributed by atoms with Gasteiger partial charge in [0.05, 0.1) is 40.4 Å². The quantitative estimate of drug-likeness (QED) is 0.368. The first-order valence-electron chi connectivity index (χ1n) is 12.1. The van der Waals surface area contributed by atoms with Crippen molar-refractivity contribution >= 4 is 51.2 Å². The van der Waals surface area contributed by atoms with Crippen LogP contribution in [-0.4, -0.2) is 65.2 Å². The van der Waals surface area contributed by atoms with E-state index in [0.29, 0.717) is 45.6 Å². The number of ether oxygens (including phenoxy) is 1. The van der Waals surface area contributed by atoms with Gasteiger partial charge in [-0.25, -0.2) is 9.37 Å². The smallest absolute Gasteiger partial charge is 0.229 e. The van der Waals surface area contributed by atoms with Gasteiger partial charge >= 0.3 is 0 Å². The highest BCUT2D eigenvalue weighted by molar-refractivity contribution is 7.85. The summed E-state index contributed by atoms with van der Waals surface area (Å²) in [4.78, 5) is 13.8. The van der Waals surface area contributed by atoms with Crippen molar-refractivity contribution in [2.75, 3.05) is 55.6 Å². The number of nitrogens with zero attached hydrogens (tertiary/aromatic N) is 4. The number of aromatic nitrogens is 2. The zero-order valence-corrected chi connectivity index (χ0v) is 23.0. The molecule has 8 nitrogen and oxygen atoms in total. The van der Waals surface area contributed by atoms with Crippen molar-refractivity contribution in [2.24, 2.45) is 0 Å². The molecule has 0 amide bonds. The summed E-state index contributed by atoms with van der Waals surface area (Å²) in [7, 11) is 4.53. The molecule has 1 saturated heterocycles. The first kappa shape index (κ1) is 27.1. The fraction of sp³-hybridized carbons (Fsp3) is 0.385. The maximum Gasteiger partial charge on any atom is 0.229 e. The van der Waals surface area contributed by atoms with Crippen molar-refractivity contribution in [3.8, 4) is 5.75 Å². The lowest BCUT2D eigenvalue weighted by Crippen LogP contribution is -2.41. The third kappa shape index (κ3) is 6.49. The third-order valence-corrected chi connectivity index (χ3v) is 8.15. The zero-order valence-electron chi connectivity index (χ0n) is 21.4. The van der Waals surface area contributed by atoms with Crippen LogP contribution in [0, 0.1) is 5.82 Å². The van der Waals surface area contributed by atoms with E-state index in [2.05, 4.69) is 44.5 Å². The van der Waals surface area contributed by atoms with E-state index in [9.17, 15) is 8.60 Å². The van der Waals surface area contributed by atoms with Crippen LogP contribution < -0.4 is 20.3 Å². The lowest BCUT2D eigenvalue weighted by molar-refractivity contribution is 0.253. The molecule has 0 bridgehead atoms. The van der Waals surface area contributed by atoms with Crippen LogP contribution in [0.5, 0.6) is 5.75 Å². The Hall–Kier alpha value is -2.95. The molecule has 2 heterocycles. The van der Waals surface area contributed by atoms with Crippen LogP contribution in [0.3, 0.4) is 0 Å². The second-order valence-electron chi connectivity index (χ2n) is 8.94. The van der Waals surface area contributed by atoms with E-state index in [0.717, 1.165) is 31.6 Å². The van der Waals surface area contributed by atoms with Gasteiger partial charge in [0.1, 0.15) is 16.6 Å². The minimum absolute atomic E-state index is 0.269. The number of rotatable bonds is 9. The number of halogens is 2. The topological polar surface area (TPSA) is 82.6 Å². The molecule has 2 aromatic carbocycles. The fourth-order valence-electron chi connectivity index (χ4n) is 4.30. The average Bonchev–Trinajstić information content (AvgIpc) is 2.91. The van der Waals surface area contributed by atoms with Crippen LogP contribution in [0.2, 0.25) is 5.02 Å². The van der Waals surface area contributed by atoms with E-state index >= 15 is 0 Å². The summed E-state index contributed by atoms with van der Waals surface area (Å²) in [5.74, 6) is 1.14. The van der Waals surface area contributed by atoms with Gasteiger partial charge in [0.25, 0.3) is 0 Å². The Morgan fingerprint density at radius 2 is 1.92 bits per heavy atom. The van der Waals surface area contributed by atoms with Crippen molar-refractivity contribution in [3.05, 3.63) is 53.4 Å². The Morgan fingerprint density at radius 1 is 1.19 bits per heavy atom. The van der Waals surface area contributed by atoms with E-state index in [1.165, 1.54) is 24.4 Å². The zero-order chi connectivity index (χ0) is 26.5. The summed E-state index contributed by atoms with van der Waals surface area (Å²) >= 11 is 6.34. The first-order valence-corrected chi connectivity index (χ1v) is 13.8. The van der Waals surface area contributed by atoms with Gasteiger partial charge in [-0.3, -0.25) is 4.21 Å². The molecule has 1 fully saturated rings. The second-order valence-corrected chi connectivity index (χ2v) is 11.1. The molecule has 198 valence electrons. The van der Waals surface area contributed by atoms with Crippen LogP contribution in [0.4, 0.5) is 33.2 Å². The standard InChI is InChI=1S/C26H32ClFN6O2S/c1-5-37(35)24-14-17(28)6-8-22(24)30-25-20(27)16-29-26(32-25)31-21-9-7-19(15-23(21)36-4)34(3)18-10-12-33(2)13-11-18/h6-9,14-16,18H,5,10-13H2,1-4H3,(H2,29,30,31,32). The average molecular weight is 547 g/mol. The molecule has 37 heavy (non-hydrogen) atoms. The number of hydrogen-bond acceptors (Lipinski definition) is 8. The molecule has 1 aliphatic rings. The molecule has 0 radical (unpaired) electrons. The lowest BCUT2D eigenvalue weighted by atomic mass is 10.0. The molecule has 11 heteroatoms. The van der Waals surface area contributed by atoms with Crippen molar-refractivity contribution in [3.63, 3.8) is 0 Å². The Kier molecular flexibility index (Phi) is 8.83. The van der Waals surface area contributed by atoms with E-state index in [4.69, 9.17) is 16.3 Å². The maximum atomic E-state index is 13.8. The summed E-state index contributed by atoms with van der Waals surface area (Å²) in [6.45, 7) is 3.95. The number of nitrogens with one attached hydrogen (secondary N) is 2. The number of anilines is 5. The molecule has 0 aliphatic carbocycles. The predicted octanol–water partition coefficient (Wildman–Crippen LogP) is 5.42. The largest absolute Gasteiger partial charge is 0.494 e. The van der Waals surface area contributed by atoms with Crippen LogP contribution >= 0.6 is 11.6 Å². The van der Waals surface area contributed by atoms with Crippen LogP contribution in [-0.2, 0) is 10.8 Å². The molecule has 3 aromatic rings. The van der Waals surface area contributed by atoms with Crippen LogP contribution in [0.25, 0.3) is 0 Å². The summed E-state index contributed by atoms with van der Waals surface area (Å²) in [6.07, 6.45) is 3.70. The highest BCUT2D eigenvalue weighted by Gasteiger charge is 2.22. The SMILES string of the molecule is CCS(=O)c1cc(F)ccc1Nc1nc(Nc2ccc(N(C)C3CCN(C)CC3)cc2OC)ncc1Cl. The number of benzene rings is 2. The Bertz CT molecular complexity index is 1270. The number of piperidine rings is 1. The molecule has 1 atom stereocenters. The highest BCUT2D eigenvalue weighted by Crippen LogP contribution is 2.34. The van der Waals surface area contributed by atoms with Crippen molar-refractivity contribution in [2.45, 2.75) is 30.7 Å². The van der Waals surface area contributed by atoms with E-state index in [-0.39, 0.29) is 5.02 Å². The number of methoxy groups -OCH3 is 1. The van der Waals surface area contributed by atoms with E-state index < -0.39 is 16.6 Å². The number of hydrogen-bond donors (Lipinski definition) is 2. The Morgan fingerprint density at radius 3 is 2.62 bits per heavy atom. The van der Waals surface area contributed by atoms with Gasteiger partial charge in [-0.15, -0.1) is 0 Å². The normalized spacial score (nSPS) is 15.3. The van der Waals surface area contributed by atoms with Crippen molar-refractivity contribution < 1.29 is 13.3 Å². The molecule has 2 N–H and O–H groups in total. The fourth-order valence-corrected chi connectivity index (χ4v) is 5.36. The lowest BCUT2D eigenvalue weighted by Gasteiger charge is -2.36. The Balaban J connectivity index is 1.55. The molecule has 4 rings (SSSR count). The van der Waals surface area contributed by atoms with Gasteiger partial charge in [0.2, 0.25) is 5.95 Å². The van der Waals surface area contributed by atoms with Crippen LogP contribution in [0.15, 0.2) is 47.5 Å². The third-order valence-electron chi connectivity index (χ3n) is 6.52. The van der Waals surface area contributed by atoms with Crippen molar-refractivity contribution in [1.29, 1.82) is 0 Å². The summed E-state index contributed by atoms with van der Waals surface area (Å²) in [5.41, 5.74) is 2.24. The second kappa shape index (κ2) is 12.1. The minimum atomic E-state index is -1.37. The van der Waals surface area contributed by atoms with Gasteiger partial charge in [0.15, 0.2) is 5.82 Å². The van der Waals surface area contributed by atoms with E-state index in [1.807, 2.05) is 18.2 Å². The van der Waals surface area contributed by atoms with Crippen molar-refractivity contribution in [1.82, 2.24) is 14.9 Å². The molecule has 1 aromatic heterocycles. The summed E-state index contributed by atoms with van der Waals surface area (Å²) in [6, 6.07) is 10.5. The van der Waals surface area contributed by atoms with E-state index in [1.54, 1.807) is 14.0 Å². The van der Waals surface area contributed by atoms with Gasteiger partial charge < -0.3 is 25.2 Å². The van der Waals surface area contributed by atoms with Gasteiger partial charge in [-0.2, -0.15) is 4.98 Å². The molecular formula is C26H32ClFN6O2S.